The van der Waals surface area contributed by atoms with Crippen molar-refractivity contribution in [2.24, 2.45) is 5.41 Å². The highest BCUT2D eigenvalue weighted by molar-refractivity contribution is 6.36. The molecule has 1 aromatic rings. The molecule has 0 amide bonds. The molecule has 1 saturated carbocycles. The number of hydrogen-bond acceptors (Lipinski definition) is 1. The van der Waals surface area contributed by atoms with Crippen molar-refractivity contribution >= 4 is 23.2 Å². The maximum Gasteiger partial charge on any atom is 0.0453 e. The Balaban J connectivity index is 2.09. The Morgan fingerprint density at radius 2 is 2.00 bits per heavy atom. The summed E-state index contributed by atoms with van der Waals surface area (Å²) in [6.07, 6.45) is 4.69. The molecule has 0 spiro atoms. The molecular weight excluding hydrogens is 265 g/mol. The molecule has 1 aliphatic rings. The summed E-state index contributed by atoms with van der Waals surface area (Å²) >= 11 is 12.5. The molecule has 100 valence electrons. The first-order valence-electron chi connectivity index (χ1n) is 6.70. The van der Waals surface area contributed by atoms with E-state index in [0.29, 0.717) is 11.5 Å². The van der Waals surface area contributed by atoms with Crippen molar-refractivity contribution < 1.29 is 0 Å². The Kier molecular flexibility index (Phi) is 4.58. The van der Waals surface area contributed by atoms with Gasteiger partial charge in [-0.3, -0.25) is 0 Å². The Morgan fingerprint density at radius 1 is 1.33 bits per heavy atom. The molecule has 0 radical (unpaired) electrons. The minimum atomic E-state index is 0.321. The molecule has 0 aromatic heterocycles. The van der Waals surface area contributed by atoms with E-state index in [2.05, 4.69) is 19.2 Å². The predicted octanol–water partition coefficient (Wildman–Crippen LogP) is 4.70. The van der Waals surface area contributed by atoms with Crippen LogP contribution >= 0.6 is 23.2 Å². The maximum absolute atomic E-state index is 6.27. The third kappa shape index (κ3) is 3.20. The zero-order chi connectivity index (χ0) is 13.2. The fraction of sp³-hybridized carbons (Fsp3) is 0.600. The third-order valence-electron chi connectivity index (χ3n) is 3.99. The molecule has 1 nitrogen and oxygen atoms in total. The average Bonchev–Trinajstić information content (AvgIpc) is 2.67. The van der Waals surface area contributed by atoms with Crippen LogP contribution in [0.5, 0.6) is 0 Å². The van der Waals surface area contributed by atoms with E-state index in [0.717, 1.165) is 28.6 Å². The lowest BCUT2D eigenvalue weighted by Gasteiger charge is -2.25. The van der Waals surface area contributed by atoms with Gasteiger partial charge in [-0.2, -0.15) is 0 Å². The normalized spacial score (nSPS) is 27.7. The van der Waals surface area contributed by atoms with Crippen LogP contribution in [0.15, 0.2) is 18.2 Å². The van der Waals surface area contributed by atoms with Crippen molar-refractivity contribution in [1.29, 1.82) is 0 Å². The van der Waals surface area contributed by atoms with Gasteiger partial charge in [-0.1, -0.05) is 43.1 Å². The van der Waals surface area contributed by atoms with Crippen LogP contribution in [-0.4, -0.2) is 12.6 Å². The van der Waals surface area contributed by atoms with Gasteiger partial charge >= 0.3 is 0 Å². The SMILES string of the molecule is CCNC1CCC(C)(Cc2c(Cl)cccc2Cl)C1. The number of benzene rings is 1. The Hall–Kier alpha value is -0.240. The number of halogens is 2. The topological polar surface area (TPSA) is 12.0 Å². The molecule has 2 rings (SSSR count). The van der Waals surface area contributed by atoms with Crippen molar-refractivity contribution in [3.63, 3.8) is 0 Å². The second kappa shape index (κ2) is 5.81. The molecule has 0 bridgehead atoms. The van der Waals surface area contributed by atoms with Crippen LogP contribution < -0.4 is 5.32 Å². The monoisotopic (exact) mass is 285 g/mol. The summed E-state index contributed by atoms with van der Waals surface area (Å²) in [4.78, 5) is 0. The van der Waals surface area contributed by atoms with Gasteiger partial charge in [-0.15, -0.1) is 0 Å². The summed E-state index contributed by atoms with van der Waals surface area (Å²) in [5.74, 6) is 0. The van der Waals surface area contributed by atoms with E-state index in [1.165, 1.54) is 19.3 Å². The maximum atomic E-state index is 6.27. The van der Waals surface area contributed by atoms with E-state index in [4.69, 9.17) is 23.2 Å². The first-order valence-corrected chi connectivity index (χ1v) is 7.46. The zero-order valence-corrected chi connectivity index (χ0v) is 12.6. The van der Waals surface area contributed by atoms with E-state index in [1.807, 2.05) is 18.2 Å². The van der Waals surface area contributed by atoms with Gasteiger partial charge in [-0.05, 0) is 55.3 Å². The minimum absolute atomic E-state index is 0.321. The molecular formula is C15H21Cl2N. The Morgan fingerprint density at radius 3 is 2.61 bits per heavy atom. The van der Waals surface area contributed by atoms with E-state index < -0.39 is 0 Å². The highest BCUT2D eigenvalue weighted by Crippen LogP contribution is 2.43. The van der Waals surface area contributed by atoms with E-state index in [9.17, 15) is 0 Å². The average molecular weight is 286 g/mol. The molecule has 3 heteroatoms. The zero-order valence-electron chi connectivity index (χ0n) is 11.1. The van der Waals surface area contributed by atoms with Crippen LogP contribution in [0.25, 0.3) is 0 Å². The molecule has 1 N–H and O–H groups in total. The van der Waals surface area contributed by atoms with Crippen LogP contribution in [0, 0.1) is 5.41 Å². The first kappa shape index (κ1) is 14.2. The Labute approximate surface area is 120 Å². The van der Waals surface area contributed by atoms with E-state index in [1.54, 1.807) is 0 Å². The van der Waals surface area contributed by atoms with Gasteiger partial charge in [0.25, 0.3) is 0 Å². The van der Waals surface area contributed by atoms with Crippen molar-refractivity contribution in [3.8, 4) is 0 Å². The van der Waals surface area contributed by atoms with Gasteiger partial charge in [0.15, 0.2) is 0 Å². The van der Waals surface area contributed by atoms with Gasteiger partial charge in [0, 0.05) is 16.1 Å². The number of rotatable bonds is 4. The molecule has 18 heavy (non-hydrogen) atoms. The molecule has 1 fully saturated rings. The summed E-state index contributed by atoms with van der Waals surface area (Å²) < 4.78 is 0. The second-order valence-corrected chi connectivity index (χ2v) is 6.50. The standard InChI is InChI=1S/C15H21Cl2N/c1-3-18-11-7-8-15(2,9-11)10-12-13(16)5-4-6-14(12)17/h4-6,11,18H,3,7-10H2,1-2H3. The van der Waals surface area contributed by atoms with Gasteiger partial charge in [0.2, 0.25) is 0 Å². The van der Waals surface area contributed by atoms with Crippen LogP contribution in [0.2, 0.25) is 10.0 Å². The Bertz CT molecular complexity index is 399. The van der Waals surface area contributed by atoms with Gasteiger partial charge in [0.05, 0.1) is 0 Å². The van der Waals surface area contributed by atoms with Crippen LogP contribution in [0.1, 0.15) is 38.7 Å². The number of hydrogen-bond donors (Lipinski definition) is 1. The van der Waals surface area contributed by atoms with Crippen molar-refractivity contribution in [2.75, 3.05) is 6.54 Å². The lowest BCUT2D eigenvalue weighted by molar-refractivity contribution is 0.323. The lowest BCUT2D eigenvalue weighted by atomic mass is 9.82. The summed E-state index contributed by atoms with van der Waals surface area (Å²) in [5, 5.41) is 5.15. The highest BCUT2D eigenvalue weighted by Gasteiger charge is 2.35. The van der Waals surface area contributed by atoms with Crippen molar-refractivity contribution in [1.82, 2.24) is 5.32 Å². The third-order valence-corrected chi connectivity index (χ3v) is 4.70. The molecule has 2 atom stereocenters. The largest absolute Gasteiger partial charge is 0.314 e. The quantitative estimate of drug-likeness (QED) is 0.845. The first-order chi connectivity index (χ1) is 8.54. The van der Waals surface area contributed by atoms with Crippen LogP contribution in [-0.2, 0) is 6.42 Å². The van der Waals surface area contributed by atoms with Gasteiger partial charge < -0.3 is 5.32 Å². The number of nitrogens with one attached hydrogen (secondary N) is 1. The van der Waals surface area contributed by atoms with Crippen molar-refractivity contribution in [3.05, 3.63) is 33.8 Å². The van der Waals surface area contributed by atoms with E-state index >= 15 is 0 Å². The molecule has 2 unspecified atom stereocenters. The van der Waals surface area contributed by atoms with Crippen LogP contribution in [0.4, 0.5) is 0 Å². The summed E-state index contributed by atoms with van der Waals surface area (Å²) in [6, 6.07) is 6.43. The molecule has 1 aliphatic carbocycles. The fourth-order valence-corrected chi connectivity index (χ4v) is 3.60. The highest BCUT2D eigenvalue weighted by atomic mass is 35.5. The summed E-state index contributed by atoms with van der Waals surface area (Å²) in [7, 11) is 0. The minimum Gasteiger partial charge on any atom is -0.314 e. The lowest BCUT2D eigenvalue weighted by Crippen LogP contribution is -2.28. The second-order valence-electron chi connectivity index (χ2n) is 5.69. The molecule has 0 heterocycles. The van der Waals surface area contributed by atoms with Gasteiger partial charge in [0.1, 0.15) is 0 Å². The summed E-state index contributed by atoms with van der Waals surface area (Å²) in [5.41, 5.74) is 1.43. The smallest absolute Gasteiger partial charge is 0.0453 e. The summed E-state index contributed by atoms with van der Waals surface area (Å²) in [6.45, 7) is 5.57. The van der Waals surface area contributed by atoms with Crippen molar-refractivity contribution in [2.45, 2.75) is 45.6 Å². The van der Waals surface area contributed by atoms with Gasteiger partial charge in [-0.25, -0.2) is 0 Å². The predicted molar refractivity (Wildman–Crippen MR) is 79.6 cm³/mol. The van der Waals surface area contributed by atoms with E-state index in [-0.39, 0.29) is 0 Å². The van der Waals surface area contributed by atoms with Crippen LogP contribution in [0.3, 0.4) is 0 Å². The molecule has 0 aliphatic heterocycles. The fourth-order valence-electron chi connectivity index (χ4n) is 3.07. The molecule has 1 aromatic carbocycles. The molecule has 0 saturated heterocycles.